The van der Waals surface area contributed by atoms with Crippen LogP contribution in [0.4, 0.5) is 17.6 Å². The van der Waals surface area contributed by atoms with E-state index in [9.17, 15) is 17.6 Å². The van der Waals surface area contributed by atoms with E-state index in [2.05, 4.69) is 0 Å². The first kappa shape index (κ1) is 11.8. The van der Waals surface area contributed by atoms with Crippen LogP contribution < -0.4 is 5.73 Å². The lowest BCUT2D eigenvalue weighted by atomic mass is 9.84. The summed E-state index contributed by atoms with van der Waals surface area (Å²) in [6.07, 6.45) is -3.34. The number of hydrogen-bond acceptors (Lipinski definition) is 1. The van der Waals surface area contributed by atoms with Crippen LogP contribution in [0.5, 0.6) is 0 Å². The van der Waals surface area contributed by atoms with E-state index in [1.165, 1.54) is 0 Å². The SMILES string of the molecule is NCCC(F)(C1CCCC1)C(F)(F)F. The van der Waals surface area contributed by atoms with Gasteiger partial charge in [-0.2, -0.15) is 13.2 Å². The lowest BCUT2D eigenvalue weighted by molar-refractivity contribution is -0.249. The van der Waals surface area contributed by atoms with Crippen LogP contribution in [0.25, 0.3) is 0 Å². The van der Waals surface area contributed by atoms with Crippen molar-refractivity contribution in [3.8, 4) is 0 Å². The average molecular weight is 213 g/mol. The second kappa shape index (κ2) is 4.04. The smallest absolute Gasteiger partial charge is 0.330 e. The number of nitrogens with two attached hydrogens (primary N) is 1. The van der Waals surface area contributed by atoms with E-state index < -0.39 is 24.2 Å². The summed E-state index contributed by atoms with van der Waals surface area (Å²) in [6.45, 7) is -0.257. The highest BCUT2D eigenvalue weighted by Crippen LogP contribution is 2.48. The van der Waals surface area contributed by atoms with Gasteiger partial charge < -0.3 is 5.73 Å². The zero-order chi connectivity index (χ0) is 10.8. The minimum Gasteiger partial charge on any atom is -0.330 e. The maximum Gasteiger partial charge on any atom is 0.422 e. The van der Waals surface area contributed by atoms with Crippen LogP contribution in [0, 0.1) is 5.92 Å². The first-order valence-corrected chi connectivity index (χ1v) is 4.87. The average Bonchev–Trinajstić information content (AvgIpc) is 2.54. The van der Waals surface area contributed by atoms with Gasteiger partial charge in [-0.1, -0.05) is 12.8 Å². The van der Waals surface area contributed by atoms with Gasteiger partial charge in [0.15, 0.2) is 0 Å². The van der Waals surface area contributed by atoms with Crippen molar-refractivity contribution in [1.82, 2.24) is 0 Å². The van der Waals surface area contributed by atoms with E-state index in [0.29, 0.717) is 25.7 Å². The molecule has 0 saturated heterocycles. The van der Waals surface area contributed by atoms with Crippen LogP contribution in [0.15, 0.2) is 0 Å². The van der Waals surface area contributed by atoms with Crippen molar-refractivity contribution >= 4 is 0 Å². The highest BCUT2D eigenvalue weighted by molar-refractivity contribution is 4.95. The molecule has 0 aromatic rings. The Bertz CT molecular complexity index is 186. The van der Waals surface area contributed by atoms with Crippen molar-refractivity contribution in [3.63, 3.8) is 0 Å². The molecule has 0 amide bonds. The predicted octanol–water partition coefficient (Wildman–Crippen LogP) is 2.80. The van der Waals surface area contributed by atoms with E-state index in [4.69, 9.17) is 5.73 Å². The summed E-state index contributed by atoms with van der Waals surface area (Å²) < 4.78 is 51.3. The second-order valence-corrected chi connectivity index (χ2v) is 3.88. The Morgan fingerprint density at radius 2 is 1.57 bits per heavy atom. The van der Waals surface area contributed by atoms with Crippen LogP contribution in [-0.4, -0.2) is 18.4 Å². The topological polar surface area (TPSA) is 26.0 Å². The third kappa shape index (κ3) is 2.02. The maximum atomic E-state index is 13.8. The molecule has 1 aliphatic carbocycles. The molecule has 0 spiro atoms. The quantitative estimate of drug-likeness (QED) is 0.717. The van der Waals surface area contributed by atoms with Gasteiger partial charge in [0.25, 0.3) is 0 Å². The van der Waals surface area contributed by atoms with Gasteiger partial charge in [-0.15, -0.1) is 0 Å². The Kier molecular flexibility index (Phi) is 3.40. The Balaban J connectivity index is 2.79. The standard InChI is InChI=1S/C9H15F4N/c10-8(5-6-14,9(11,12)13)7-3-1-2-4-7/h7H,1-6,14H2. The molecule has 5 heteroatoms. The summed E-state index contributed by atoms with van der Waals surface area (Å²) in [4.78, 5) is 0. The van der Waals surface area contributed by atoms with Crippen LogP contribution >= 0.6 is 0 Å². The van der Waals surface area contributed by atoms with Gasteiger partial charge in [-0.05, 0) is 19.4 Å². The fourth-order valence-corrected chi connectivity index (χ4v) is 2.17. The minimum absolute atomic E-state index is 0.257. The summed E-state index contributed by atoms with van der Waals surface area (Å²) in [5, 5.41) is 0. The number of hydrogen-bond donors (Lipinski definition) is 1. The third-order valence-corrected chi connectivity index (χ3v) is 2.98. The van der Waals surface area contributed by atoms with Crippen LogP contribution in [0.3, 0.4) is 0 Å². The van der Waals surface area contributed by atoms with Gasteiger partial charge in [-0.3, -0.25) is 0 Å². The molecule has 1 unspecified atom stereocenters. The van der Waals surface area contributed by atoms with Crippen molar-refractivity contribution in [1.29, 1.82) is 0 Å². The van der Waals surface area contributed by atoms with Crippen molar-refractivity contribution in [3.05, 3.63) is 0 Å². The first-order valence-electron chi connectivity index (χ1n) is 4.87. The molecule has 1 nitrogen and oxygen atoms in total. The zero-order valence-electron chi connectivity index (χ0n) is 7.91. The van der Waals surface area contributed by atoms with Gasteiger partial charge in [0.2, 0.25) is 5.67 Å². The lowest BCUT2D eigenvalue weighted by Gasteiger charge is -2.33. The largest absolute Gasteiger partial charge is 0.422 e. The number of alkyl halides is 4. The Morgan fingerprint density at radius 1 is 1.07 bits per heavy atom. The summed E-state index contributed by atoms with van der Waals surface area (Å²) in [6, 6.07) is 0. The highest BCUT2D eigenvalue weighted by Gasteiger charge is 2.59. The van der Waals surface area contributed by atoms with Crippen molar-refractivity contribution < 1.29 is 17.6 Å². The van der Waals surface area contributed by atoms with E-state index >= 15 is 0 Å². The molecule has 1 saturated carbocycles. The molecule has 1 fully saturated rings. The van der Waals surface area contributed by atoms with Crippen LogP contribution in [-0.2, 0) is 0 Å². The Labute approximate surface area is 80.7 Å². The van der Waals surface area contributed by atoms with E-state index in [-0.39, 0.29) is 6.54 Å². The van der Waals surface area contributed by atoms with E-state index in [0.717, 1.165) is 0 Å². The minimum atomic E-state index is -4.78. The summed E-state index contributed by atoms with van der Waals surface area (Å²) in [7, 11) is 0. The van der Waals surface area contributed by atoms with Gasteiger partial charge in [-0.25, -0.2) is 4.39 Å². The molecule has 0 aliphatic heterocycles. The van der Waals surface area contributed by atoms with Crippen LogP contribution in [0.2, 0.25) is 0 Å². The summed E-state index contributed by atoms with van der Waals surface area (Å²) in [5.74, 6) is -0.883. The van der Waals surface area contributed by atoms with Crippen molar-refractivity contribution in [2.45, 2.75) is 43.9 Å². The molecule has 1 rings (SSSR count). The van der Waals surface area contributed by atoms with Gasteiger partial charge in [0.05, 0.1) is 0 Å². The number of halogens is 4. The molecule has 1 atom stereocenters. The molecule has 1 aliphatic rings. The molecule has 0 aromatic carbocycles. The fourth-order valence-electron chi connectivity index (χ4n) is 2.17. The molecule has 0 radical (unpaired) electrons. The third-order valence-electron chi connectivity index (χ3n) is 2.98. The predicted molar refractivity (Wildman–Crippen MR) is 45.5 cm³/mol. The van der Waals surface area contributed by atoms with Crippen LogP contribution in [0.1, 0.15) is 32.1 Å². The van der Waals surface area contributed by atoms with Crippen molar-refractivity contribution in [2.75, 3.05) is 6.54 Å². The maximum absolute atomic E-state index is 13.8. The lowest BCUT2D eigenvalue weighted by Crippen LogP contribution is -2.48. The normalized spacial score (nSPS) is 23.8. The molecule has 0 aromatic heterocycles. The molecule has 84 valence electrons. The van der Waals surface area contributed by atoms with E-state index in [1.807, 2.05) is 0 Å². The highest BCUT2D eigenvalue weighted by atomic mass is 19.4. The Morgan fingerprint density at radius 3 is 1.93 bits per heavy atom. The second-order valence-electron chi connectivity index (χ2n) is 3.88. The molecule has 0 heterocycles. The van der Waals surface area contributed by atoms with Gasteiger partial charge in [0, 0.05) is 12.3 Å². The molecule has 0 bridgehead atoms. The van der Waals surface area contributed by atoms with Gasteiger partial charge >= 0.3 is 6.18 Å². The molecular formula is C9H15F4N. The van der Waals surface area contributed by atoms with E-state index in [1.54, 1.807) is 0 Å². The molecule has 2 N–H and O–H groups in total. The van der Waals surface area contributed by atoms with Gasteiger partial charge in [0.1, 0.15) is 0 Å². The molecule has 14 heavy (non-hydrogen) atoms. The fraction of sp³-hybridized carbons (Fsp3) is 1.00. The molecular weight excluding hydrogens is 198 g/mol. The summed E-state index contributed by atoms with van der Waals surface area (Å²) in [5.41, 5.74) is 1.98. The van der Waals surface area contributed by atoms with Crippen molar-refractivity contribution in [2.24, 2.45) is 11.7 Å². The zero-order valence-corrected chi connectivity index (χ0v) is 7.91. The Hall–Kier alpha value is -0.320. The first-order chi connectivity index (χ1) is 6.42. The number of rotatable bonds is 3. The monoisotopic (exact) mass is 213 g/mol. The summed E-state index contributed by atoms with van der Waals surface area (Å²) >= 11 is 0.